The van der Waals surface area contributed by atoms with Gasteiger partial charge in [0.1, 0.15) is 12.2 Å². The molecule has 2 atom stereocenters. The number of hydrogen-bond acceptors (Lipinski definition) is 8. The monoisotopic (exact) mass is 608 g/mol. The normalized spacial score (nSPS) is 15.9. The number of piperidine rings is 1. The van der Waals surface area contributed by atoms with E-state index in [-0.39, 0.29) is 24.8 Å². The van der Waals surface area contributed by atoms with Gasteiger partial charge in [0.2, 0.25) is 11.7 Å². The number of rotatable bonds is 11. The number of benzene rings is 2. The summed E-state index contributed by atoms with van der Waals surface area (Å²) in [5.74, 6) is -0.965. The fourth-order valence-corrected chi connectivity index (χ4v) is 5.77. The minimum atomic E-state index is -0.782. The zero-order valence-electron chi connectivity index (χ0n) is 25.0. The van der Waals surface area contributed by atoms with Crippen LogP contribution in [0.3, 0.4) is 0 Å². The summed E-state index contributed by atoms with van der Waals surface area (Å²) in [6.45, 7) is 6.73. The smallest absolute Gasteiger partial charge is 0.410 e. The van der Waals surface area contributed by atoms with E-state index in [1.54, 1.807) is 25.7 Å². The number of likely N-dealkylation sites (tertiary alicyclic amines) is 1. The van der Waals surface area contributed by atoms with Crippen LogP contribution in [0.4, 0.5) is 9.59 Å². The zero-order valence-corrected chi connectivity index (χ0v) is 25.8. The maximum absolute atomic E-state index is 13.6. The van der Waals surface area contributed by atoms with Crippen molar-refractivity contribution in [3.05, 3.63) is 65.2 Å². The number of unbranched alkanes of at least 4 members (excludes halogenated alkanes) is 1. The molecule has 0 unspecified atom stereocenters. The molecular weight excluding hydrogens is 568 g/mol. The van der Waals surface area contributed by atoms with Crippen molar-refractivity contribution in [2.75, 3.05) is 19.6 Å². The lowest BCUT2D eigenvalue weighted by Gasteiger charge is -2.34. The molecule has 3 amide bonds. The van der Waals surface area contributed by atoms with E-state index in [1.165, 1.54) is 11.3 Å². The van der Waals surface area contributed by atoms with E-state index in [1.807, 2.05) is 54.6 Å². The lowest BCUT2D eigenvalue weighted by Crippen LogP contribution is -2.50. The largest absolute Gasteiger partial charge is 0.445 e. The minimum Gasteiger partial charge on any atom is -0.445 e. The van der Waals surface area contributed by atoms with Crippen LogP contribution >= 0.6 is 11.3 Å². The standard InChI is InChI=1S/C32H40N4O6S/c1-32(2,3)42-31(40)36-19-11-14-23(20-36)28(38)34-25(27(37)29-35-24-15-7-8-17-26(24)43-29)16-9-10-18-33-30(39)41-21-22-12-5-4-6-13-22/h4-8,12-13,15,17,23,25H,9-11,14,16,18-21H2,1-3H3,(H,33,39)(H,34,38)/t23-,25+/m1/s1. The van der Waals surface area contributed by atoms with Crippen molar-refractivity contribution < 1.29 is 28.7 Å². The van der Waals surface area contributed by atoms with E-state index in [0.717, 1.165) is 15.8 Å². The molecule has 11 heteroatoms. The molecule has 4 rings (SSSR count). The van der Waals surface area contributed by atoms with Gasteiger partial charge in [0.15, 0.2) is 5.01 Å². The summed E-state index contributed by atoms with van der Waals surface area (Å²) in [4.78, 5) is 57.8. The van der Waals surface area contributed by atoms with Gasteiger partial charge >= 0.3 is 12.2 Å². The first-order valence-electron chi connectivity index (χ1n) is 14.7. The Kier molecular flexibility index (Phi) is 11.1. The Labute approximate surface area is 256 Å². The number of Topliss-reactive ketones (excluding diaryl/α,β-unsaturated/α-hetero) is 1. The quantitative estimate of drug-likeness (QED) is 0.211. The highest BCUT2D eigenvalue weighted by Gasteiger charge is 2.33. The molecule has 230 valence electrons. The summed E-state index contributed by atoms with van der Waals surface area (Å²) in [7, 11) is 0. The number of alkyl carbamates (subject to hydrolysis) is 1. The molecule has 0 spiro atoms. The van der Waals surface area contributed by atoms with E-state index >= 15 is 0 Å². The van der Waals surface area contributed by atoms with Crippen molar-refractivity contribution >= 4 is 45.4 Å². The number of thiazole rings is 1. The van der Waals surface area contributed by atoms with Crippen LogP contribution in [0.1, 0.15) is 68.2 Å². The third kappa shape index (κ3) is 9.77. The highest BCUT2D eigenvalue weighted by Crippen LogP contribution is 2.24. The summed E-state index contributed by atoms with van der Waals surface area (Å²) >= 11 is 1.30. The maximum atomic E-state index is 13.6. The molecule has 1 aliphatic heterocycles. The molecule has 10 nitrogen and oxygen atoms in total. The Morgan fingerprint density at radius 2 is 1.79 bits per heavy atom. The Balaban J connectivity index is 1.33. The molecule has 2 N–H and O–H groups in total. The fraction of sp³-hybridized carbons (Fsp3) is 0.469. The number of carbonyl (C=O) groups is 4. The third-order valence-corrected chi connectivity index (χ3v) is 8.03. The van der Waals surface area contributed by atoms with Crippen LogP contribution in [0.5, 0.6) is 0 Å². The van der Waals surface area contributed by atoms with Gasteiger partial charge in [-0.1, -0.05) is 42.5 Å². The number of amides is 3. The van der Waals surface area contributed by atoms with Gasteiger partial charge in [-0.25, -0.2) is 14.6 Å². The summed E-state index contributed by atoms with van der Waals surface area (Å²) < 4.78 is 11.6. The SMILES string of the molecule is CC(C)(C)OC(=O)N1CCC[C@@H](C(=O)N[C@@H](CCCCNC(=O)OCc2ccccc2)C(=O)c2nc3ccccc3s2)C1. The van der Waals surface area contributed by atoms with Crippen molar-refractivity contribution in [3.63, 3.8) is 0 Å². The number of ether oxygens (including phenoxy) is 2. The van der Waals surface area contributed by atoms with Gasteiger partial charge in [0, 0.05) is 19.6 Å². The molecular formula is C32H40N4O6S. The van der Waals surface area contributed by atoms with Crippen LogP contribution in [0.2, 0.25) is 0 Å². The fourth-order valence-electron chi connectivity index (χ4n) is 4.81. The molecule has 0 saturated carbocycles. The molecule has 2 aromatic carbocycles. The number of nitrogens with one attached hydrogen (secondary N) is 2. The Bertz CT molecular complexity index is 1370. The van der Waals surface area contributed by atoms with E-state index in [4.69, 9.17) is 9.47 Å². The maximum Gasteiger partial charge on any atom is 0.410 e. The molecule has 3 aromatic rings. The highest BCUT2D eigenvalue weighted by molar-refractivity contribution is 7.20. The molecule has 0 aliphatic carbocycles. The summed E-state index contributed by atoms with van der Waals surface area (Å²) in [5.41, 5.74) is 1.00. The van der Waals surface area contributed by atoms with Crippen LogP contribution in [-0.2, 0) is 20.9 Å². The molecule has 1 aromatic heterocycles. The van der Waals surface area contributed by atoms with Gasteiger partial charge in [-0.05, 0) is 70.6 Å². The number of para-hydroxylation sites is 1. The van der Waals surface area contributed by atoms with E-state index in [0.29, 0.717) is 50.2 Å². The lowest BCUT2D eigenvalue weighted by atomic mass is 9.96. The second-order valence-electron chi connectivity index (χ2n) is 11.7. The second kappa shape index (κ2) is 15.0. The van der Waals surface area contributed by atoms with Crippen LogP contribution in [0.25, 0.3) is 10.2 Å². The molecule has 43 heavy (non-hydrogen) atoms. The van der Waals surface area contributed by atoms with E-state index in [2.05, 4.69) is 15.6 Å². The van der Waals surface area contributed by atoms with Crippen molar-refractivity contribution in [1.29, 1.82) is 0 Å². The van der Waals surface area contributed by atoms with E-state index in [9.17, 15) is 19.2 Å². The Hall–Kier alpha value is -3.99. The molecule has 1 aliphatic rings. The van der Waals surface area contributed by atoms with Crippen molar-refractivity contribution in [2.24, 2.45) is 5.92 Å². The average molecular weight is 609 g/mol. The lowest BCUT2D eigenvalue weighted by molar-refractivity contribution is -0.127. The number of hydrogen-bond donors (Lipinski definition) is 2. The zero-order chi connectivity index (χ0) is 30.8. The highest BCUT2D eigenvalue weighted by atomic mass is 32.1. The third-order valence-electron chi connectivity index (χ3n) is 6.98. The van der Waals surface area contributed by atoms with Gasteiger partial charge in [0.25, 0.3) is 0 Å². The predicted molar refractivity (Wildman–Crippen MR) is 165 cm³/mol. The molecule has 1 fully saturated rings. The van der Waals surface area contributed by atoms with Gasteiger partial charge in [-0.3, -0.25) is 9.59 Å². The first kappa shape index (κ1) is 31.9. The topological polar surface area (TPSA) is 127 Å². The van der Waals surface area contributed by atoms with Gasteiger partial charge < -0.3 is 25.0 Å². The number of nitrogens with zero attached hydrogens (tertiary/aromatic N) is 2. The molecule has 0 radical (unpaired) electrons. The van der Waals surface area contributed by atoms with Crippen LogP contribution in [0, 0.1) is 5.92 Å². The second-order valence-corrected chi connectivity index (χ2v) is 12.7. The number of ketones is 1. The van der Waals surface area contributed by atoms with E-state index < -0.39 is 29.7 Å². The molecule has 0 bridgehead atoms. The summed E-state index contributed by atoms with van der Waals surface area (Å²) in [6.07, 6.45) is 1.88. The number of aromatic nitrogens is 1. The van der Waals surface area contributed by atoms with Crippen molar-refractivity contribution in [2.45, 2.75) is 71.1 Å². The summed E-state index contributed by atoms with van der Waals surface area (Å²) in [6, 6.07) is 16.2. The molecule has 2 heterocycles. The molecule has 1 saturated heterocycles. The number of carbonyl (C=O) groups excluding carboxylic acids is 4. The van der Waals surface area contributed by atoms with Crippen LogP contribution in [-0.4, -0.2) is 65.0 Å². The minimum absolute atomic E-state index is 0.184. The van der Waals surface area contributed by atoms with Gasteiger partial charge in [-0.15, -0.1) is 11.3 Å². The Morgan fingerprint density at radius 3 is 2.53 bits per heavy atom. The van der Waals surface area contributed by atoms with Gasteiger partial charge in [-0.2, -0.15) is 0 Å². The van der Waals surface area contributed by atoms with Crippen LogP contribution < -0.4 is 10.6 Å². The number of fused-ring (bicyclic) bond motifs is 1. The summed E-state index contributed by atoms with van der Waals surface area (Å²) in [5, 5.41) is 6.04. The first-order valence-corrected chi connectivity index (χ1v) is 15.5. The van der Waals surface area contributed by atoms with Crippen molar-refractivity contribution in [3.8, 4) is 0 Å². The average Bonchev–Trinajstić information content (AvgIpc) is 3.43. The predicted octanol–water partition coefficient (Wildman–Crippen LogP) is 5.71. The Morgan fingerprint density at radius 1 is 1.05 bits per heavy atom. The van der Waals surface area contributed by atoms with Crippen molar-refractivity contribution in [1.82, 2.24) is 20.5 Å². The van der Waals surface area contributed by atoms with Crippen LogP contribution in [0.15, 0.2) is 54.6 Å². The first-order chi connectivity index (χ1) is 20.6. The van der Waals surface area contributed by atoms with Gasteiger partial charge in [0.05, 0.1) is 22.2 Å².